The van der Waals surface area contributed by atoms with Crippen molar-refractivity contribution in [1.82, 2.24) is 9.55 Å². The fourth-order valence-electron chi connectivity index (χ4n) is 3.01. The summed E-state index contributed by atoms with van der Waals surface area (Å²) < 4.78 is 25.6. The quantitative estimate of drug-likeness (QED) is 0.763. The highest BCUT2D eigenvalue weighted by molar-refractivity contribution is 7.91. The first-order valence-corrected chi connectivity index (χ1v) is 8.22. The molecular formula is C12H18N2O2S. The highest BCUT2D eigenvalue weighted by Crippen LogP contribution is 2.29. The van der Waals surface area contributed by atoms with Crippen LogP contribution in [-0.2, 0) is 22.8 Å². The first-order valence-electron chi connectivity index (χ1n) is 6.40. The molecule has 2 aliphatic heterocycles. The molecule has 0 spiro atoms. The average molecular weight is 254 g/mol. The van der Waals surface area contributed by atoms with Gasteiger partial charge in [0, 0.05) is 24.4 Å². The second-order valence-corrected chi connectivity index (χ2v) is 7.40. The number of hydrogen-bond acceptors (Lipinski definition) is 3. The van der Waals surface area contributed by atoms with E-state index < -0.39 is 9.84 Å². The van der Waals surface area contributed by atoms with Crippen molar-refractivity contribution in [1.29, 1.82) is 0 Å². The van der Waals surface area contributed by atoms with Gasteiger partial charge in [0.1, 0.15) is 5.82 Å². The normalized spacial score (nSPS) is 27.6. The van der Waals surface area contributed by atoms with Gasteiger partial charge in [0.25, 0.3) is 0 Å². The van der Waals surface area contributed by atoms with E-state index in [1.165, 1.54) is 18.5 Å². The molecule has 0 radical (unpaired) electrons. The van der Waals surface area contributed by atoms with Crippen molar-refractivity contribution in [2.75, 3.05) is 11.5 Å². The molecule has 1 unspecified atom stereocenters. The Bertz CT molecular complexity index is 519. The number of aromatic nitrogens is 2. The van der Waals surface area contributed by atoms with Gasteiger partial charge < -0.3 is 4.57 Å². The fraction of sp³-hybridized carbons (Fsp3) is 0.750. The van der Waals surface area contributed by atoms with Gasteiger partial charge in [0.2, 0.25) is 0 Å². The monoisotopic (exact) mass is 254 g/mol. The molecule has 0 bridgehead atoms. The third kappa shape index (κ3) is 2.12. The molecule has 0 amide bonds. The highest BCUT2D eigenvalue weighted by Gasteiger charge is 2.29. The van der Waals surface area contributed by atoms with Crippen molar-refractivity contribution in [3.8, 4) is 0 Å². The Kier molecular flexibility index (Phi) is 2.73. The number of hydrogen-bond donors (Lipinski definition) is 0. The van der Waals surface area contributed by atoms with Crippen LogP contribution in [0.1, 0.15) is 43.1 Å². The van der Waals surface area contributed by atoms with E-state index in [2.05, 4.69) is 9.55 Å². The first kappa shape index (κ1) is 11.3. The van der Waals surface area contributed by atoms with Crippen LogP contribution in [0, 0.1) is 0 Å². The lowest BCUT2D eigenvalue weighted by molar-refractivity contribution is 0.479. The summed E-state index contributed by atoms with van der Waals surface area (Å²) in [5, 5.41) is 0. The Morgan fingerprint density at radius 2 is 2.18 bits per heavy atom. The Morgan fingerprint density at radius 1 is 1.29 bits per heavy atom. The summed E-state index contributed by atoms with van der Waals surface area (Å²) in [6.07, 6.45) is 7.21. The molecule has 2 aliphatic rings. The molecule has 3 heterocycles. The van der Waals surface area contributed by atoms with Crippen molar-refractivity contribution < 1.29 is 8.42 Å². The maximum atomic E-state index is 11.7. The molecule has 94 valence electrons. The molecule has 17 heavy (non-hydrogen) atoms. The number of fused-ring (bicyclic) bond motifs is 1. The smallest absolute Gasteiger partial charge is 0.151 e. The molecule has 1 saturated heterocycles. The Balaban J connectivity index is 1.91. The number of nitrogens with zero attached hydrogens (tertiary/aromatic N) is 2. The third-order valence-corrected chi connectivity index (χ3v) is 5.68. The predicted molar refractivity (Wildman–Crippen MR) is 65.8 cm³/mol. The van der Waals surface area contributed by atoms with E-state index in [4.69, 9.17) is 0 Å². The van der Waals surface area contributed by atoms with Crippen LogP contribution in [0.2, 0.25) is 0 Å². The van der Waals surface area contributed by atoms with E-state index in [1.54, 1.807) is 0 Å². The van der Waals surface area contributed by atoms with Gasteiger partial charge in [-0.25, -0.2) is 13.4 Å². The van der Waals surface area contributed by atoms with Crippen molar-refractivity contribution in [2.24, 2.45) is 0 Å². The zero-order valence-electron chi connectivity index (χ0n) is 9.93. The molecule has 3 rings (SSSR count). The minimum Gasteiger partial charge on any atom is -0.332 e. The molecule has 0 N–H and O–H groups in total. The third-order valence-electron chi connectivity index (χ3n) is 3.86. The van der Waals surface area contributed by atoms with Crippen molar-refractivity contribution in [2.45, 2.75) is 44.6 Å². The highest BCUT2D eigenvalue weighted by atomic mass is 32.2. The number of imidazole rings is 1. The zero-order chi connectivity index (χ0) is 11.9. The summed E-state index contributed by atoms with van der Waals surface area (Å²) in [4.78, 5) is 4.49. The van der Waals surface area contributed by atoms with Crippen LogP contribution in [0.3, 0.4) is 0 Å². The topological polar surface area (TPSA) is 52.0 Å². The molecule has 1 fully saturated rings. The molecule has 5 heteroatoms. The Labute approximate surface area is 102 Å². The Hall–Kier alpha value is -0.840. The number of sulfone groups is 1. The maximum Gasteiger partial charge on any atom is 0.151 e. The van der Waals surface area contributed by atoms with Gasteiger partial charge in [-0.3, -0.25) is 0 Å². The maximum absolute atomic E-state index is 11.7. The average Bonchev–Trinajstić information content (AvgIpc) is 2.71. The van der Waals surface area contributed by atoms with Crippen molar-refractivity contribution in [3.05, 3.63) is 17.7 Å². The molecule has 1 aromatic rings. The van der Waals surface area contributed by atoms with Crippen LogP contribution in [0.5, 0.6) is 0 Å². The van der Waals surface area contributed by atoms with Crippen LogP contribution >= 0.6 is 0 Å². The molecule has 4 nitrogen and oxygen atoms in total. The second-order valence-electron chi connectivity index (χ2n) is 5.17. The van der Waals surface area contributed by atoms with Gasteiger partial charge in [-0.05, 0) is 32.1 Å². The van der Waals surface area contributed by atoms with Gasteiger partial charge in [-0.1, -0.05) is 0 Å². The van der Waals surface area contributed by atoms with Crippen LogP contribution < -0.4 is 0 Å². The molecule has 1 atom stereocenters. The fourth-order valence-corrected chi connectivity index (χ4v) is 4.72. The van der Waals surface area contributed by atoms with Crippen molar-refractivity contribution in [3.63, 3.8) is 0 Å². The molecule has 0 aromatic carbocycles. The van der Waals surface area contributed by atoms with E-state index in [1.807, 2.05) is 6.20 Å². The van der Waals surface area contributed by atoms with E-state index >= 15 is 0 Å². The zero-order valence-corrected chi connectivity index (χ0v) is 10.7. The summed E-state index contributed by atoms with van der Waals surface area (Å²) in [5.74, 6) is 1.80. The lowest BCUT2D eigenvalue weighted by Gasteiger charge is -2.24. The number of rotatable bonds is 1. The van der Waals surface area contributed by atoms with Gasteiger partial charge in [-0.15, -0.1) is 0 Å². The molecule has 0 aliphatic carbocycles. The predicted octanol–water partition coefficient (Wildman–Crippen LogP) is 1.51. The van der Waals surface area contributed by atoms with Crippen molar-refractivity contribution >= 4 is 9.84 Å². The first-order chi connectivity index (χ1) is 8.16. The lowest BCUT2D eigenvalue weighted by Crippen LogP contribution is -2.26. The summed E-state index contributed by atoms with van der Waals surface area (Å²) in [6.45, 7) is 1.02. The van der Waals surface area contributed by atoms with Gasteiger partial charge in [-0.2, -0.15) is 0 Å². The molecule has 1 aromatic heterocycles. The second kappa shape index (κ2) is 4.12. The van der Waals surface area contributed by atoms with E-state index in [0.29, 0.717) is 11.5 Å². The van der Waals surface area contributed by atoms with Gasteiger partial charge in [0.15, 0.2) is 9.84 Å². The summed E-state index contributed by atoms with van der Waals surface area (Å²) >= 11 is 0. The summed E-state index contributed by atoms with van der Waals surface area (Å²) in [6, 6.07) is 0. The largest absolute Gasteiger partial charge is 0.332 e. The molecule has 0 saturated carbocycles. The Morgan fingerprint density at radius 3 is 3.00 bits per heavy atom. The number of aryl methyl sites for hydroxylation is 1. The summed E-state index contributed by atoms with van der Waals surface area (Å²) in [5.41, 5.74) is 1.29. The van der Waals surface area contributed by atoms with E-state index in [9.17, 15) is 8.42 Å². The van der Waals surface area contributed by atoms with Crippen LogP contribution in [0.4, 0.5) is 0 Å². The minimum absolute atomic E-state index is 0.126. The van der Waals surface area contributed by atoms with Crippen LogP contribution in [0.25, 0.3) is 0 Å². The molecular weight excluding hydrogens is 236 g/mol. The van der Waals surface area contributed by atoms with Crippen LogP contribution in [0.15, 0.2) is 6.20 Å². The van der Waals surface area contributed by atoms with E-state index in [0.717, 1.165) is 31.6 Å². The van der Waals surface area contributed by atoms with E-state index in [-0.39, 0.29) is 5.92 Å². The minimum atomic E-state index is -2.84. The van der Waals surface area contributed by atoms with Gasteiger partial charge >= 0.3 is 0 Å². The van der Waals surface area contributed by atoms with Gasteiger partial charge in [0.05, 0.1) is 11.5 Å². The summed E-state index contributed by atoms with van der Waals surface area (Å²) in [7, 11) is -2.84. The lowest BCUT2D eigenvalue weighted by atomic mass is 10.0. The standard InChI is InChI=1S/C12H18N2O2S/c15-17(16)7-3-4-10(9-17)12-13-8-11-5-1-2-6-14(11)12/h8,10H,1-7,9H2. The van der Waals surface area contributed by atoms with Crippen LogP contribution in [-0.4, -0.2) is 29.5 Å². The SMILES string of the molecule is O=S1(=O)CCCC(c2ncc3n2CCCC3)C1.